The van der Waals surface area contributed by atoms with Crippen molar-refractivity contribution in [3.8, 4) is 5.75 Å². The number of methoxy groups -OCH3 is 1. The number of ether oxygens (including phenoxy) is 1. The summed E-state index contributed by atoms with van der Waals surface area (Å²) in [5.74, 6) is 2.53. The number of hydrogen-bond acceptors (Lipinski definition) is 3. The van der Waals surface area contributed by atoms with E-state index < -0.39 is 0 Å². The maximum atomic E-state index is 5.86. The normalized spacial score (nSPS) is 11.4. The van der Waals surface area contributed by atoms with Gasteiger partial charge in [-0.3, -0.25) is 0 Å². The molecule has 0 saturated heterocycles. The molecular weight excluding hydrogens is 226 g/mol. The first-order chi connectivity index (χ1) is 8.61. The summed E-state index contributed by atoms with van der Waals surface area (Å²) in [6, 6.07) is 5.92. The van der Waals surface area contributed by atoms with E-state index in [1.807, 2.05) is 18.2 Å². The van der Waals surface area contributed by atoms with Crippen LogP contribution in [0, 0.1) is 12.8 Å². The molecule has 3 heteroatoms. The monoisotopic (exact) mass is 247 g/mol. The Bertz CT molecular complexity index is 529. The van der Waals surface area contributed by atoms with Crippen molar-refractivity contribution in [1.82, 2.24) is 5.32 Å². The highest BCUT2D eigenvalue weighted by molar-refractivity contribution is 5.83. The van der Waals surface area contributed by atoms with Gasteiger partial charge in [0.2, 0.25) is 0 Å². The quantitative estimate of drug-likeness (QED) is 0.878. The van der Waals surface area contributed by atoms with Crippen LogP contribution in [0.4, 0.5) is 0 Å². The number of furan rings is 1. The van der Waals surface area contributed by atoms with Crippen molar-refractivity contribution < 1.29 is 9.15 Å². The first-order valence-corrected chi connectivity index (χ1v) is 6.38. The van der Waals surface area contributed by atoms with E-state index in [0.717, 1.165) is 35.6 Å². The van der Waals surface area contributed by atoms with Crippen LogP contribution in [0.2, 0.25) is 0 Å². The Balaban J connectivity index is 2.21. The summed E-state index contributed by atoms with van der Waals surface area (Å²) in [6.45, 7) is 8.27. The van der Waals surface area contributed by atoms with Crippen molar-refractivity contribution in [1.29, 1.82) is 0 Å². The van der Waals surface area contributed by atoms with E-state index in [4.69, 9.17) is 9.15 Å². The van der Waals surface area contributed by atoms with Crippen LogP contribution in [0.3, 0.4) is 0 Å². The SMILES string of the molecule is COc1ccc2oc(CNCC(C)C)c(C)c2c1. The molecule has 1 aromatic carbocycles. The van der Waals surface area contributed by atoms with E-state index in [1.54, 1.807) is 7.11 Å². The highest BCUT2D eigenvalue weighted by atomic mass is 16.5. The molecule has 0 radical (unpaired) electrons. The van der Waals surface area contributed by atoms with Crippen molar-refractivity contribution in [2.75, 3.05) is 13.7 Å². The van der Waals surface area contributed by atoms with Crippen LogP contribution in [0.1, 0.15) is 25.2 Å². The number of rotatable bonds is 5. The Morgan fingerprint density at radius 1 is 1.33 bits per heavy atom. The minimum absolute atomic E-state index is 0.648. The van der Waals surface area contributed by atoms with Gasteiger partial charge in [-0.15, -0.1) is 0 Å². The lowest BCUT2D eigenvalue weighted by atomic mass is 10.1. The Labute approximate surface area is 108 Å². The Hall–Kier alpha value is -1.48. The highest BCUT2D eigenvalue weighted by Gasteiger charge is 2.10. The van der Waals surface area contributed by atoms with Gasteiger partial charge in [-0.1, -0.05) is 13.8 Å². The molecule has 2 rings (SSSR count). The molecule has 0 atom stereocenters. The average Bonchev–Trinajstić information content (AvgIpc) is 2.66. The van der Waals surface area contributed by atoms with Gasteiger partial charge in [0.15, 0.2) is 0 Å². The van der Waals surface area contributed by atoms with Gasteiger partial charge in [-0.2, -0.15) is 0 Å². The third-order valence-corrected chi connectivity index (χ3v) is 3.08. The topological polar surface area (TPSA) is 34.4 Å². The van der Waals surface area contributed by atoms with Crippen molar-refractivity contribution in [2.45, 2.75) is 27.3 Å². The predicted molar refractivity (Wildman–Crippen MR) is 74.0 cm³/mol. The molecule has 2 aromatic rings. The molecule has 1 aromatic heterocycles. The Morgan fingerprint density at radius 3 is 2.78 bits per heavy atom. The van der Waals surface area contributed by atoms with Gasteiger partial charge in [0, 0.05) is 5.39 Å². The van der Waals surface area contributed by atoms with Gasteiger partial charge in [0.25, 0.3) is 0 Å². The molecule has 0 aliphatic heterocycles. The zero-order chi connectivity index (χ0) is 13.1. The summed E-state index contributed by atoms with van der Waals surface area (Å²) >= 11 is 0. The molecule has 0 saturated carbocycles. The zero-order valence-corrected chi connectivity index (χ0v) is 11.5. The molecule has 98 valence electrons. The third-order valence-electron chi connectivity index (χ3n) is 3.08. The first-order valence-electron chi connectivity index (χ1n) is 6.38. The Morgan fingerprint density at radius 2 is 2.11 bits per heavy atom. The number of hydrogen-bond donors (Lipinski definition) is 1. The number of benzene rings is 1. The smallest absolute Gasteiger partial charge is 0.134 e. The van der Waals surface area contributed by atoms with Crippen molar-refractivity contribution in [3.05, 3.63) is 29.5 Å². The van der Waals surface area contributed by atoms with E-state index in [9.17, 15) is 0 Å². The molecule has 18 heavy (non-hydrogen) atoms. The fourth-order valence-corrected chi connectivity index (χ4v) is 2.02. The fraction of sp³-hybridized carbons (Fsp3) is 0.467. The minimum Gasteiger partial charge on any atom is -0.497 e. The van der Waals surface area contributed by atoms with Gasteiger partial charge in [0.05, 0.1) is 13.7 Å². The lowest BCUT2D eigenvalue weighted by Gasteiger charge is -2.05. The van der Waals surface area contributed by atoms with Gasteiger partial charge >= 0.3 is 0 Å². The molecular formula is C15H21NO2. The zero-order valence-electron chi connectivity index (χ0n) is 11.5. The number of aryl methyl sites for hydroxylation is 1. The first kappa shape index (κ1) is 13.0. The van der Waals surface area contributed by atoms with Crippen LogP contribution >= 0.6 is 0 Å². The molecule has 0 bridgehead atoms. The molecule has 3 nitrogen and oxygen atoms in total. The summed E-state index contributed by atoms with van der Waals surface area (Å²) < 4.78 is 11.1. The second-order valence-electron chi connectivity index (χ2n) is 5.04. The largest absolute Gasteiger partial charge is 0.497 e. The molecule has 0 spiro atoms. The van der Waals surface area contributed by atoms with Crippen LogP contribution in [0.25, 0.3) is 11.0 Å². The van der Waals surface area contributed by atoms with E-state index in [0.29, 0.717) is 5.92 Å². The van der Waals surface area contributed by atoms with E-state index in [1.165, 1.54) is 5.56 Å². The second kappa shape index (κ2) is 5.44. The molecule has 1 heterocycles. The summed E-state index contributed by atoms with van der Waals surface area (Å²) in [4.78, 5) is 0. The van der Waals surface area contributed by atoms with E-state index in [2.05, 4.69) is 26.1 Å². The lowest BCUT2D eigenvalue weighted by Crippen LogP contribution is -2.18. The average molecular weight is 247 g/mol. The van der Waals surface area contributed by atoms with Crippen molar-refractivity contribution in [3.63, 3.8) is 0 Å². The van der Waals surface area contributed by atoms with E-state index in [-0.39, 0.29) is 0 Å². The molecule has 1 N–H and O–H groups in total. The summed E-state index contributed by atoms with van der Waals surface area (Å²) in [7, 11) is 1.68. The molecule has 0 unspecified atom stereocenters. The van der Waals surface area contributed by atoms with Gasteiger partial charge in [-0.25, -0.2) is 0 Å². The molecule has 0 fully saturated rings. The minimum atomic E-state index is 0.648. The summed E-state index contributed by atoms with van der Waals surface area (Å²) in [5.41, 5.74) is 2.12. The maximum Gasteiger partial charge on any atom is 0.134 e. The van der Waals surface area contributed by atoms with Gasteiger partial charge < -0.3 is 14.5 Å². The number of nitrogens with one attached hydrogen (secondary N) is 1. The van der Waals surface area contributed by atoms with Crippen LogP contribution in [-0.2, 0) is 6.54 Å². The van der Waals surface area contributed by atoms with Crippen LogP contribution in [0.15, 0.2) is 22.6 Å². The van der Waals surface area contributed by atoms with Crippen LogP contribution in [-0.4, -0.2) is 13.7 Å². The second-order valence-corrected chi connectivity index (χ2v) is 5.04. The maximum absolute atomic E-state index is 5.86. The molecule has 0 aliphatic rings. The van der Waals surface area contributed by atoms with Crippen LogP contribution < -0.4 is 10.1 Å². The molecule has 0 amide bonds. The fourth-order valence-electron chi connectivity index (χ4n) is 2.02. The van der Waals surface area contributed by atoms with Gasteiger partial charge in [-0.05, 0) is 43.1 Å². The number of fused-ring (bicyclic) bond motifs is 1. The van der Waals surface area contributed by atoms with Crippen molar-refractivity contribution in [2.24, 2.45) is 5.92 Å². The summed E-state index contributed by atoms with van der Waals surface area (Å²) in [6.07, 6.45) is 0. The predicted octanol–water partition coefficient (Wildman–Crippen LogP) is 3.50. The molecule has 0 aliphatic carbocycles. The third kappa shape index (κ3) is 2.67. The lowest BCUT2D eigenvalue weighted by molar-refractivity contribution is 0.415. The van der Waals surface area contributed by atoms with Crippen molar-refractivity contribution >= 4 is 11.0 Å². The Kier molecular flexibility index (Phi) is 3.92. The standard InChI is InChI=1S/C15H21NO2/c1-10(2)8-16-9-15-11(3)13-7-12(17-4)5-6-14(13)18-15/h5-7,10,16H,8-9H2,1-4H3. The highest BCUT2D eigenvalue weighted by Crippen LogP contribution is 2.28. The van der Waals surface area contributed by atoms with Gasteiger partial charge in [0.1, 0.15) is 17.1 Å². The van der Waals surface area contributed by atoms with E-state index >= 15 is 0 Å². The summed E-state index contributed by atoms with van der Waals surface area (Å²) in [5, 5.41) is 4.54. The van der Waals surface area contributed by atoms with Crippen LogP contribution in [0.5, 0.6) is 5.75 Å².